The highest BCUT2D eigenvalue weighted by Crippen LogP contribution is 2.33. The molecule has 0 atom stereocenters. The molecule has 1 aliphatic heterocycles. The van der Waals surface area contributed by atoms with Crippen LogP contribution >= 0.6 is 11.6 Å². The molecule has 0 aromatic heterocycles. The third kappa shape index (κ3) is 2.51. The van der Waals surface area contributed by atoms with Crippen LogP contribution in [0.4, 0.5) is 10.1 Å². The second-order valence-corrected chi connectivity index (χ2v) is 4.95. The van der Waals surface area contributed by atoms with E-state index in [0.717, 1.165) is 17.0 Å². The summed E-state index contributed by atoms with van der Waals surface area (Å²) in [6.45, 7) is 2.90. The van der Waals surface area contributed by atoms with Crippen LogP contribution < -0.4 is 4.90 Å². The maximum absolute atomic E-state index is 13.3. The maximum Gasteiger partial charge on any atom is 0.326 e. The number of rotatable bonds is 3. The Kier molecular flexibility index (Phi) is 3.76. The molecule has 0 fully saturated rings. The highest BCUT2D eigenvalue weighted by atomic mass is 35.5. The average Bonchev–Trinajstić information content (AvgIpc) is 2.55. The summed E-state index contributed by atoms with van der Waals surface area (Å²) >= 11 is 5.63. The summed E-state index contributed by atoms with van der Waals surface area (Å²) in [5.74, 6) is -3.22. The van der Waals surface area contributed by atoms with Crippen LogP contribution in [0.3, 0.4) is 0 Å². The van der Waals surface area contributed by atoms with Gasteiger partial charge in [0.2, 0.25) is 0 Å². The largest absolute Gasteiger partial charge is 0.462 e. The molecule has 1 heterocycles. The average molecular weight is 300 g/mol. The number of Topliss-reactive ketones (excluding diaryl/α,β-unsaturated/α-hetero) is 1. The van der Waals surface area contributed by atoms with Gasteiger partial charge in [0, 0.05) is 0 Å². The van der Waals surface area contributed by atoms with E-state index >= 15 is 0 Å². The lowest BCUT2D eigenvalue weighted by molar-refractivity contribution is -0.146. The molecule has 5 nitrogen and oxygen atoms in total. The standard InChI is InChI=1S/C13H11ClFNO4/c1-6(2)20-11(17)5-16-10-4-8(14)9(15)3-7(10)12(18)13(16)19/h3-4,6H,5H2,1-2H3. The Bertz CT molecular complexity index is 615. The van der Waals surface area contributed by atoms with Crippen molar-refractivity contribution in [3.63, 3.8) is 0 Å². The maximum atomic E-state index is 13.3. The summed E-state index contributed by atoms with van der Waals surface area (Å²) < 4.78 is 18.2. The normalized spacial score (nSPS) is 13.9. The predicted octanol–water partition coefficient (Wildman–Crippen LogP) is 1.96. The summed E-state index contributed by atoms with van der Waals surface area (Å²) in [7, 11) is 0. The fourth-order valence-corrected chi connectivity index (χ4v) is 2.03. The third-order valence-corrected chi connectivity index (χ3v) is 2.96. The number of amides is 1. The molecule has 106 valence electrons. The lowest BCUT2D eigenvalue weighted by atomic mass is 10.1. The van der Waals surface area contributed by atoms with Gasteiger partial charge < -0.3 is 4.74 Å². The summed E-state index contributed by atoms with van der Waals surface area (Å²) in [6, 6.07) is 2.04. The number of ketones is 1. The lowest BCUT2D eigenvalue weighted by Crippen LogP contribution is -2.36. The van der Waals surface area contributed by atoms with E-state index in [1.165, 1.54) is 0 Å². The Morgan fingerprint density at radius 3 is 2.65 bits per heavy atom. The van der Waals surface area contributed by atoms with Crippen molar-refractivity contribution in [1.29, 1.82) is 0 Å². The van der Waals surface area contributed by atoms with E-state index in [9.17, 15) is 18.8 Å². The first-order chi connectivity index (χ1) is 9.31. The van der Waals surface area contributed by atoms with Gasteiger partial charge in [-0.05, 0) is 26.0 Å². The van der Waals surface area contributed by atoms with E-state index in [4.69, 9.17) is 16.3 Å². The van der Waals surface area contributed by atoms with Crippen LogP contribution in [0.2, 0.25) is 5.02 Å². The Morgan fingerprint density at radius 2 is 2.05 bits per heavy atom. The highest BCUT2D eigenvalue weighted by molar-refractivity contribution is 6.52. The van der Waals surface area contributed by atoms with Crippen LogP contribution in [0.1, 0.15) is 24.2 Å². The van der Waals surface area contributed by atoms with Crippen LogP contribution in [0, 0.1) is 5.82 Å². The molecule has 1 aliphatic rings. The number of carbonyl (C=O) groups excluding carboxylic acids is 3. The minimum absolute atomic E-state index is 0.103. The van der Waals surface area contributed by atoms with Crippen molar-refractivity contribution in [2.45, 2.75) is 20.0 Å². The molecule has 0 radical (unpaired) electrons. The van der Waals surface area contributed by atoms with Crippen molar-refractivity contribution >= 4 is 34.9 Å². The lowest BCUT2D eigenvalue weighted by Gasteiger charge is -2.16. The van der Waals surface area contributed by atoms with Crippen molar-refractivity contribution in [3.05, 3.63) is 28.5 Å². The number of anilines is 1. The van der Waals surface area contributed by atoms with Crippen molar-refractivity contribution in [1.82, 2.24) is 0 Å². The predicted molar refractivity (Wildman–Crippen MR) is 69.3 cm³/mol. The minimum atomic E-state index is -0.901. The molecule has 0 bridgehead atoms. The molecule has 0 spiro atoms. The topological polar surface area (TPSA) is 63.7 Å². The Morgan fingerprint density at radius 1 is 1.40 bits per heavy atom. The smallest absolute Gasteiger partial charge is 0.326 e. The molecule has 1 aromatic rings. The van der Waals surface area contributed by atoms with Gasteiger partial charge in [0.25, 0.3) is 11.7 Å². The van der Waals surface area contributed by atoms with E-state index in [1.54, 1.807) is 13.8 Å². The number of benzene rings is 1. The van der Waals surface area contributed by atoms with Gasteiger partial charge in [0.1, 0.15) is 12.4 Å². The van der Waals surface area contributed by atoms with Gasteiger partial charge in [-0.15, -0.1) is 0 Å². The zero-order valence-electron chi connectivity index (χ0n) is 10.8. The van der Waals surface area contributed by atoms with Crippen LogP contribution in [0.5, 0.6) is 0 Å². The van der Waals surface area contributed by atoms with Gasteiger partial charge in [-0.3, -0.25) is 19.3 Å². The summed E-state index contributed by atoms with van der Waals surface area (Å²) in [5, 5.41) is -0.228. The Labute approximate surface area is 119 Å². The quantitative estimate of drug-likeness (QED) is 0.632. The third-order valence-electron chi connectivity index (χ3n) is 2.67. The van der Waals surface area contributed by atoms with Crippen LogP contribution in [0.15, 0.2) is 12.1 Å². The summed E-state index contributed by atoms with van der Waals surface area (Å²) in [6.07, 6.45) is -0.341. The molecular weight excluding hydrogens is 289 g/mol. The van der Waals surface area contributed by atoms with Crippen molar-refractivity contribution < 1.29 is 23.5 Å². The molecule has 0 unspecified atom stereocenters. The van der Waals surface area contributed by atoms with E-state index in [1.807, 2.05) is 0 Å². The number of hydrogen-bond donors (Lipinski definition) is 0. The van der Waals surface area contributed by atoms with Gasteiger partial charge in [0.05, 0.1) is 22.4 Å². The number of nitrogens with zero attached hydrogens (tertiary/aromatic N) is 1. The Hall–Kier alpha value is -1.95. The molecule has 20 heavy (non-hydrogen) atoms. The SMILES string of the molecule is CC(C)OC(=O)CN1C(=O)C(=O)c2cc(F)c(Cl)cc21. The van der Waals surface area contributed by atoms with E-state index in [2.05, 4.69) is 0 Å². The molecule has 0 aliphatic carbocycles. The summed E-state index contributed by atoms with van der Waals surface area (Å²) in [5.41, 5.74) is 0.0151. The molecule has 0 N–H and O–H groups in total. The highest BCUT2D eigenvalue weighted by Gasteiger charge is 2.38. The number of hydrogen-bond acceptors (Lipinski definition) is 4. The number of ether oxygens (including phenoxy) is 1. The zero-order valence-corrected chi connectivity index (χ0v) is 11.5. The number of esters is 1. The fraction of sp³-hybridized carbons (Fsp3) is 0.308. The van der Waals surface area contributed by atoms with E-state index in [0.29, 0.717) is 0 Å². The van der Waals surface area contributed by atoms with Crippen LogP contribution in [0.25, 0.3) is 0 Å². The molecule has 2 rings (SSSR count). The monoisotopic (exact) mass is 299 g/mol. The Balaban J connectivity index is 2.33. The van der Waals surface area contributed by atoms with Gasteiger partial charge in [-0.2, -0.15) is 0 Å². The van der Waals surface area contributed by atoms with Crippen LogP contribution in [-0.2, 0) is 14.3 Å². The van der Waals surface area contributed by atoms with Gasteiger partial charge in [-0.25, -0.2) is 4.39 Å². The zero-order chi connectivity index (χ0) is 15.0. The molecule has 1 amide bonds. The minimum Gasteiger partial charge on any atom is -0.462 e. The van der Waals surface area contributed by atoms with Gasteiger partial charge >= 0.3 is 5.97 Å². The second-order valence-electron chi connectivity index (χ2n) is 4.54. The van der Waals surface area contributed by atoms with Crippen molar-refractivity contribution in [2.24, 2.45) is 0 Å². The first-order valence-electron chi connectivity index (χ1n) is 5.86. The van der Waals surface area contributed by atoms with Crippen molar-refractivity contribution in [2.75, 3.05) is 11.4 Å². The summed E-state index contributed by atoms with van der Waals surface area (Å²) in [4.78, 5) is 36.1. The van der Waals surface area contributed by atoms with E-state index in [-0.39, 0.29) is 22.4 Å². The fourth-order valence-electron chi connectivity index (χ4n) is 1.87. The van der Waals surface area contributed by atoms with Crippen molar-refractivity contribution in [3.8, 4) is 0 Å². The first kappa shape index (κ1) is 14.5. The molecule has 7 heteroatoms. The number of carbonyl (C=O) groups is 3. The molecule has 0 saturated carbocycles. The molecule has 0 saturated heterocycles. The molecule has 1 aromatic carbocycles. The van der Waals surface area contributed by atoms with Gasteiger partial charge in [-0.1, -0.05) is 11.6 Å². The first-order valence-corrected chi connectivity index (χ1v) is 6.23. The van der Waals surface area contributed by atoms with E-state index < -0.39 is 30.0 Å². The number of fused-ring (bicyclic) bond motifs is 1. The second kappa shape index (κ2) is 5.20. The molecular formula is C13H11ClFNO4. The number of halogens is 2. The van der Waals surface area contributed by atoms with Crippen LogP contribution in [-0.4, -0.2) is 30.3 Å². The van der Waals surface area contributed by atoms with Gasteiger partial charge in [0.15, 0.2) is 0 Å².